The molecule has 38 heavy (non-hydrogen) atoms. The zero-order valence-corrected chi connectivity index (χ0v) is 22.6. The lowest BCUT2D eigenvalue weighted by Gasteiger charge is -2.39. The molecule has 0 saturated carbocycles. The zero-order valence-electron chi connectivity index (χ0n) is 21.8. The number of hydrogen-bond acceptors (Lipinski definition) is 7. The van der Waals surface area contributed by atoms with Gasteiger partial charge in [-0.25, -0.2) is 13.2 Å². The van der Waals surface area contributed by atoms with Gasteiger partial charge in [0.2, 0.25) is 10.0 Å². The van der Waals surface area contributed by atoms with Crippen molar-refractivity contribution in [2.75, 3.05) is 18.8 Å². The zero-order chi connectivity index (χ0) is 26.7. The lowest BCUT2D eigenvalue weighted by Crippen LogP contribution is -2.53. The van der Waals surface area contributed by atoms with E-state index >= 15 is 0 Å². The highest BCUT2D eigenvalue weighted by molar-refractivity contribution is 7.89. The summed E-state index contributed by atoms with van der Waals surface area (Å²) in [5, 5.41) is 6.87. The summed E-state index contributed by atoms with van der Waals surface area (Å²) in [7, 11) is -3.45. The van der Waals surface area contributed by atoms with E-state index in [1.165, 1.54) is 0 Å². The van der Waals surface area contributed by atoms with Crippen molar-refractivity contribution < 1.29 is 27.3 Å². The summed E-state index contributed by atoms with van der Waals surface area (Å²) in [6, 6.07) is 10.9. The Labute approximate surface area is 223 Å². The van der Waals surface area contributed by atoms with E-state index in [2.05, 4.69) is 10.5 Å². The van der Waals surface area contributed by atoms with Crippen molar-refractivity contribution in [3.05, 3.63) is 53.4 Å². The Balaban J connectivity index is 1.10. The molecule has 3 fully saturated rings. The number of likely N-dealkylation sites (tertiary alicyclic amines) is 1. The maximum Gasteiger partial charge on any atom is 0.410 e. The van der Waals surface area contributed by atoms with Crippen LogP contribution in [0.25, 0.3) is 0 Å². The molecule has 0 spiro atoms. The second-order valence-electron chi connectivity index (χ2n) is 10.6. The minimum Gasteiger partial charge on any atom is -0.445 e. The number of ether oxygens (including phenoxy) is 1. The predicted octanol–water partition coefficient (Wildman–Crippen LogP) is 3.34. The largest absolute Gasteiger partial charge is 0.445 e. The molecular formula is C27H36N4O6S. The molecule has 2 bridgehead atoms. The van der Waals surface area contributed by atoms with Crippen molar-refractivity contribution >= 4 is 22.0 Å². The Morgan fingerprint density at radius 3 is 2.39 bits per heavy atom. The predicted molar refractivity (Wildman–Crippen MR) is 140 cm³/mol. The van der Waals surface area contributed by atoms with Crippen LogP contribution in [0.1, 0.15) is 67.3 Å². The molecule has 5 rings (SSSR count). The van der Waals surface area contributed by atoms with Gasteiger partial charge in [0.25, 0.3) is 5.91 Å². The average Bonchev–Trinajstić information content (AvgIpc) is 3.51. The van der Waals surface area contributed by atoms with E-state index in [1.54, 1.807) is 15.3 Å². The van der Waals surface area contributed by atoms with Crippen LogP contribution in [0, 0.1) is 5.92 Å². The molecule has 0 aliphatic carbocycles. The standard InChI is InChI=1S/C27H36N4O6S/c1-2-24-16-25(29-37-24)26(32)28-21-14-22-8-9-23(15-21)31(22)38(34,35)18-20-10-12-30(13-11-20)27(33)36-17-19-6-4-3-5-7-19/h3-7,16,20-23H,2,8-15,17-18H2,1H3,(H,28,32)/t21?,22-,23+. The van der Waals surface area contributed by atoms with Crippen molar-refractivity contribution in [2.24, 2.45) is 5.92 Å². The second kappa shape index (κ2) is 11.4. The third kappa shape index (κ3) is 6.04. The molecule has 2 amide bonds. The molecule has 1 N–H and O–H groups in total. The summed E-state index contributed by atoms with van der Waals surface area (Å²) >= 11 is 0. The molecule has 0 radical (unpaired) electrons. The van der Waals surface area contributed by atoms with Crippen LogP contribution in [0.5, 0.6) is 0 Å². The molecule has 1 unspecified atom stereocenters. The van der Waals surface area contributed by atoms with Crippen LogP contribution in [0.15, 0.2) is 40.9 Å². The fourth-order valence-corrected chi connectivity index (χ4v) is 8.42. The van der Waals surface area contributed by atoms with Crippen LogP contribution in [0.3, 0.4) is 0 Å². The highest BCUT2D eigenvalue weighted by Gasteiger charge is 2.47. The smallest absolute Gasteiger partial charge is 0.410 e. The molecule has 4 heterocycles. The third-order valence-electron chi connectivity index (χ3n) is 7.99. The van der Waals surface area contributed by atoms with Gasteiger partial charge in [0.15, 0.2) is 5.69 Å². The van der Waals surface area contributed by atoms with Crippen LogP contribution >= 0.6 is 0 Å². The molecule has 3 aliphatic rings. The number of nitrogens with zero attached hydrogens (tertiary/aromatic N) is 3. The molecule has 11 heteroatoms. The Morgan fingerprint density at radius 2 is 1.76 bits per heavy atom. The summed E-state index contributed by atoms with van der Waals surface area (Å²) < 4.78 is 39.3. The molecule has 3 aliphatic heterocycles. The maximum absolute atomic E-state index is 13.5. The Morgan fingerprint density at radius 1 is 1.08 bits per heavy atom. The first-order valence-electron chi connectivity index (χ1n) is 13.6. The van der Waals surface area contributed by atoms with Crippen molar-refractivity contribution in [3.8, 4) is 0 Å². The molecular weight excluding hydrogens is 508 g/mol. The van der Waals surface area contributed by atoms with Gasteiger partial charge < -0.3 is 19.5 Å². The number of benzene rings is 1. The van der Waals surface area contributed by atoms with Crippen LogP contribution in [-0.2, 0) is 27.8 Å². The first-order chi connectivity index (χ1) is 18.3. The van der Waals surface area contributed by atoms with Crippen molar-refractivity contribution in [2.45, 2.75) is 76.6 Å². The summed E-state index contributed by atoms with van der Waals surface area (Å²) in [6.07, 6.45) is 4.42. The minimum absolute atomic E-state index is 0.00919. The molecule has 3 saturated heterocycles. The Hall–Kier alpha value is -2.92. The van der Waals surface area contributed by atoms with Gasteiger partial charge in [-0.2, -0.15) is 4.31 Å². The number of hydrogen-bond donors (Lipinski definition) is 1. The van der Waals surface area contributed by atoms with E-state index < -0.39 is 10.0 Å². The van der Waals surface area contributed by atoms with E-state index in [0.29, 0.717) is 51.0 Å². The molecule has 2 aromatic rings. The number of rotatable bonds is 8. The van der Waals surface area contributed by atoms with E-state index in [-0.39, 0.29) is 54.1 Å². The molecule has 1 aromatic carbocycles. The highest BCUT2D eigenvalue weighted by atomic mass is 32.2. The van der Waals surface area contributed by atoms with Gasteiger partial charge in [0.05, 0.1) is 5.75 Å². The Kier molecular flexibility index (Phi) is 8.04. The van der Waals surface area contributed by atoms with Crippen LogP contribution in [-0.4, -0.2) is 71.7 Å². The van der Waals surface area contributed by atoms with Crippen LogP contribution < -0.4 is 5.32 Å². The van der Waals surface area contributed by atoms with E-state index in [4.69, 9.17) is 9.26 Å². The molecule has 1 aromatic heterocycles. The van der Waals surface area contributed by atoms with Crippen LogP contribution in [0.4, 0.5) is 4.79 Å². The SMILES string of the molecule is CCc1cc(C(=O)NC2C[C@H]3CC[C@@H](C2)N3S(=O)(=O)CC2CCN(C(=O)OCc3ccccc3)CC2)no1. The van der Waals surface area contributed by atoms with E-state index in [1.807, 2.05) is 37.3 Å². The van der Waals surface area contributed by atoms with Crippen molar-refractivity contribution in [1.82, 2.24) is 19.7 Å². The van der Waals surface area contributed by atoms with E-state index in [0.717, 1.165) is 18.4 Å². The lowest BCUT2D eigenvalue weighted by molar-refractivity contribution is 0.0838. The second-order valence-corrected chi connectivity index (χ2v) is 12.6. The summed E-state index contributed by atoms with van der Waals surface area (Å²) in [5.74, 6) is 0.493. The number of carbonyl (C=O) groups excluding carboxylic acids is 2. The monoisotopic (exact) mass is 544 g/mol. The normalized spacial score (nSPS) is 24.3. The number of amides is 2. The third-order valence-corrected chi connectivity index (χ3v) is 10.1. The Bertz CT molecular complexity index is 1210. The fourth-order valence-electron chi connectivity index (χ4n) is 6.03. The highest BCUT2D eigenvalue weighted by Crippen LogP contribution is 2.39. The van der Waals surface area contributed by atoms with Crippen LogP contribution in [0.2, 0.25) is 0 Å². The van der Waals surface area contributed by atoms with Gasteiger partial charge in [-0.3, -0.25) is 4.79 Å². The first-order valence-corrected chi connectivity index (χ1v) is 15.2. The van der Waals surface area contributed by atoms with Gasteiger partial charge in [0.1, 0.15) is 12.4 Å². The quantitative estimate of drug-likeness (QED) is 0.541. The topological polar surface area (TPSA) is 122 Å². The van der Waals surface area contributed by atoms with Gasteiger partial charge in [-0.15, -0.1) is 0 Å². The number of nitrogens with one attached hydrogen (secondary N) is 1. The summed E-state index contributed by atoms with van der Waals surface area (Å²) in [5.41, 5.74) is 1.20. The first kappa shape index (κ1) is 26.7. The summed E-state index contributed by atoms with van der Waals surface area (Å²) in [6.45, 7) is 3.15. The fraction of sp³-hybridized carbons (Fsp3) is 0.593. The number of aromatic nitrogens is 1. The van der Waals surface area contributed by atoms with Gasteiger partial charge in [-0.1, -0.05) is 42.4 Å². The number of aryl methyl sites for hydroxylation is 1. The number of piperidine rings is 2. The van der Waals surface area contributed by atoms with Gasteiger partial charge >= 0.3 is 6.09 Å². The summed E-state index contributed by atoms with van der Waals surface area (Å²) in [4.78, 5) is 26.7. The lowest BCUT2D eigenvalue weighted by atomic mass is 9.99. The molecule has 10 nitrogen and oxygen atoms in total. The van der Waals surface area contributed by atoms with Crippen molar-refractivity contribution in [1.29, 1.82) is 0 Å². The maximum atomic E-state index is 13.5. The van der Waals surface area contributed by atoms with Gasteiger partial charge in [-0.05, 0) is 50.0 Å². The van der Waals surface area contributed by atoms with Crippen molar-refractivity contribution in [3.63, 3.8) is 0 Å². The number of fused-ring (bicyclic) bond motifs is 2. The minimum atomic E-state index is -3.45. The average molecular weight is 545 g/mol. The number of carbonyl (C=O) groups is 2. The van der Waals surface area contributed by atoms with Gasteiger partial charge in [0, 0.05) is 43.7 Å². The number of sulfonamides is 1. The molecule has 3 atom stereocenters. The molecule has 206 valence electrons. The van der Waals surface area contributed by atoms with E-state index in [9.17, 15) is 18.0 Å².